The molecule has 14 saturated carbocycles. The van der Waals surface area contributed by atoms with Gasteiger partial charge in [0, 0.05) is 44.2 Å². The zero-order chi connectivity index (χ0) is 107. The van der Waals surface area contributed by atoms with E-state index in [1.807, 2.05) is 44.2 Å². The number of allylic oxidation sites excluding steroid dienone is 19. The van der Waals surface area contributed by atoms with Crippen molar-refractivity contribution in [3.05, 3.63) is 175 Å². The van der Waals surface area contributed by atoms with Gasteiger partial charge in [-0.1, -0.05) is 231 Å². The summed E-state index contributed by atoms with van der Waals surface area (Å²) in [7, 11) is 0. The maximum Gasteiger partial charge on any atom is 0.328 e. The third-order valence-corrected chi connectivity index (χ3v) is 46.2. The van der Waals surface area contributed by atoms with Crippen LogP contribution in [0.3, 0.4) is 0 Å². The number of rotatable bonds is 14. The zero-order valence-electron chi connectivity index (χ0n) is 96.2. The molecule has 21 rings (SSSR count). The van der Waals surface area contributed by atoms with E-state index in [4.69, 9.17) is 14.6 Å². The van der Waals surface area contributed by atoms with Crippen LogP contribution in [0.25, 0.3) is 5.57 Å². The van der Waals surface area contributed by atoms with E-state index < -0.39 is 5.97 Å². The van der Waals surface area contributed by atoms with Crippen molar-refractivity contribution in [2.75, 3.05) is 6.61 Å². The first-order valence-corrected chi connectivity index (χ1v) is 59.8. The van der Waals surface area contributed by atoms with Gasteiger partial charge in [0.2, 0.25) is 0 Å². The summed E-state index contributed by atoms with van der Waals surface area (Å²) < 4.78 is 12.1. The van der Waals surface area contributed by atoms with E-state index in [1.165, 1.54) is 153 Å². The predicted molar refractivity (Wildman–Crippen MR) is 600 cm³/mol. The molecule has 0 heterocycles. The van der Waals surface area contributed by atoms with Crippen molar-refractivity contribution < 1.29 is 63.5 Å². The molecule has 13 heteroatoms. The fourth-order valence-electron chi connectivity index (χ4n) is 38.0. The Morgan fingerprint density at radius 2 is 0.885 bits per heavy atom. The monoisotopic (exact) mass is 2020 g/mol. The Morgan fingerprint density at radius 3 is 1.34 bits per heavy atom. The Bertz CT molecular complexity index is 5510. The number of carbonyl (C=O) groups is 7. The summed E-state index contributed by atoms with van der Waals surface area (Å²) in [5.74, 6) is 13.4. The van der Waals surface area contributed by atoms with Gasteiger partial charge >= 0.3 is 11.9 Å². The number of aliphatic hydroxyl groups is 3. The van der Waals surface area contributed by atoms with Gasteiger partial charge in [0.15, 0.2) is 28.9 Å². The fourth-order valence-corrected chi connectivity index (χ4v) is 38.0. The molecule has 13 nitrogen and oxygen atoms in total. The lowest BCUT2D eigenvalue weighted by Crippen LogP contribution is -2.50. The van der Waals surface area contributed by atoms with Gasteiger partial charge in [0.25, 0.3) is 0 Å². The van der Waals surface area contributed by atoms with E-state index >= 15 is 0 Å². The van der Waals surface area contributed by atoms with Crippen LogP contribution in [0.1, 0.15) is 445 Å². The summed E-state index contributed by atoms with van der Waals surface area (Å²) in [6.45, 7) is 53.9. The van der Waals surface area contributed by atoms with E-state index in [2.05, 4.69) is 192 Å². The van der Waals surface area contributed by atoms with Crippen molar-refractivity contribution in [2.45, 2.75) is 453 Å². The van der Waals surface area contributed by atoms with E-state index in [0.717, 1.165) is 205 Å². The van der Waals surface area contributed by atoms with E-state index in [9.17, 15) is 48.9 Å². The van der Waals surface area contributed by atoms with Crippen LogP contribution in [0.4, 0.5) is 0 Å². The first-order valence-electron chi connectivity index (χ1n) is 59.8. The summed E-state index contributed by atoms with van der Waals surface area (Å²) >= 11 is 0. The topological polar surface area (TPSA) is 219 Å². The maximum absolute atomic E-state index is 12.5. The van der Waals surface area contributed by atoms with Gasteiger partial charge in [-0.25, -0.2) is 4.79 Å². The minimum Gasteiger partial charge on any atom is -0.493 e. The third-order valence-electron chi connectivity index (χ3n) is 46.2. The molecule has 20 aliphatic rings. The Labute approximate surface area is 893 Å². The van der Waals surface area contributed by atoms with Gasteiger partial charge in [0.1, 0.15) is 11.9 Å². The molecule has 4 N–H and O–H groups in total. The second-order valence-corrected chi connectivity index (χ2v) is 54.4. The van der Waals surface area contributed by atoms with Crippen molar-refractivity contribution in [2.24, 2.45) is 149 Å². The van der Waals surface area contributed by atoms with Crippen LogP contribution in [0, 0.1) is 149 Å². The quantitative estimate of drug-likeness (QED) is 0.0448. The van der Waals surface area contributed by atoms with Gasteiger partial charge in [0.05, 0.1) is 24.9 Å². The first-order chi connectivity index (χ1) is 70.0. The highest BCUT2D eigenvalue weighted by atomic mass is 16.5. The molecule has 24 unspecified atom stereocenters. The van der Waals surface area contributed by atoms with Gasteiger partial charge in [-0.15, -0.1) is 0 Å². The van der Waals surface area contributed by atoms with Gasteiger partial charge in [-0.3, -0.25) is 28.8 Å². The molecule has 812 valence electrons. The van der Waals surface area contributed by atoms with E-state index in [1.54, 1.807) is 26.3 Å². The molecule has 0 amide bonds. The Hall–Kier alpha value is -7.19. The summed E-state index contributed by atoms with van der Waals surface area (Å²) in [4.78, 5) is 83.3. The smallest absolute Gasteiger partial charge is 0.328 e. The van der Waals surface area contributed by atoms with E-state index in [0.29, 0.717) is 135 Å². The Balaban J connectivity index is 0.000000127. The number of fused-ring (bicyclic) bond motifs is 25. The number of esters is 1. The molecule has 0 saturated heterocycles. The van der Waals surface area contributed by atoms with Crippen LogP contribution in [0.2, 0.25) is 0 Å². The number of unbranched alkanes of at least 4 members (excludes halogenated alkanes) is 3. The van der Waals surface area contributed by atoms with Crippen molar-refractivity contribution in [1.29, 1.82) is 0 Å². The molecule has 0 spiro atoms. The molecule has 148 heavy (non-hydrogen) atoms. The summed E-state index contributed by atoms with van der Waals surface area (Å²) in [5.41, 5.74) is 21.4. The van der Waals surface area contributed by atoms with Gasteiger partial charge < -0.3 is 29.9 Å². The van der Waals surface area contributed by atoms with Crippen molar-refractivity contribution in [3.8, 4) is 5.75 Å². The maximum atomic E-state index is 12.5. The number of Topliss-reactive ketones (excluding diaryl/α,β-unsaturated/α-hetero) is 3. The van der Waals surface area contributed by atoms with Crippen LogP contribution in [-0.2, 0) is 38.3 Å². The number of carboxylic acid groups (broad SMARTS) is 1. The fraction of sp³-hybridized carbons (Fsp3) is 0.711. The number of ketones is 5. The number of ether oxygens (including phenoxy) is 2. The summed E-state index contributed by atoms with van der Waals surface area (Å²) in [6, 6.07) is 4.54. The second kappa shape index (κ2) is 44.6. The standard InChI is InChI=1S/C27H40O3.C24H36O2.C21H30O2.C21H32O2.2C21H28O2/c1-8-9-10-11-15-30-27-24(20(4)5)17-23(19(2)3)18-25(27)22(7)14-12-13-21(6)16-26(28)29;1-6-19-22(26-16(3)25)14-21-18-8-7-17-13-15(2)9-11-23(17,4)20(18)10-12-24(19,21)5;1-13(22)17-6-7-18-16-5-4-14-12-15(23)8-10-20(14,2)19(16)9-11-21(17,18)3;3*1-4-16-19(23)12-18-15-6-5-13-11-14(22)7-9-20(13,2)17(15)8-10-21(16,18)3/h12-14,16-20H,8-11,15H2,1-7H3,(H,28,29);6-7,15,18,20-22H,8-14H2,1-5H3;4,6,15-16,18-19,23H,5,7-12H2,1-3H3;4-5,14-15,17-19,22-23H,6-12H2,1-3H3;2*4,11,15,17-18H,5-10,12H2,1-3H3/b13-12+,21-16-,22-14-;19-6-;;16-4-;16-4+;16-4-/t;;15?,16?,18?,19?,20-,21+;;2*15?,17?,18?,20-,21+/m..0.00/s1. The lowest BCUT2D eigenvalue weighted by Gasteiger charge is -2.57. The summed E-state index contributed by atoms with van der Waals surface area (Å²) in [6.07, 6.45) is 71.9. The SMILES string of the molecule is C/C=C1/C(=O)CC2C3CCC4=CC(=O)CC[C@]4(C)C3CC[C@]12C.C/C=C1/C(O)CC2C3CC=C4CC(O)CCC4(C)C3CCC12C.C/C=C1/C(OC(C)=O)CC2C3CC=C4CC(C)CCC4(C)C3CCC12C.C/C=C1\C(=O)CC2C3CCC4=CC(=O)CC[C@]4(C)C3CC[C@]12C.CC(=O)C1=CCC2C3CC=C4CC(O)CC[C@]4(C)C3CC[C@]12C.CCCCCCOc1c(\C(C)=C/C=C/C(C)=C\C(=O)O)cc(C(C)C)cc1C(C)C. The molecule has 0 aliphatic heterocycles. The minimum absolute atomic E-state index is 0.0100. The van der Waals surface area contributed by atoms with Gasteiger partial charge in [-0.05, 0) is 483 Å². The van der Waals surface area contributed by atoms with Crippen LogP contribution in [0.5, 0.6) is 5.75 Å². The van der Waals surface area contributed by atoms with Crippen LogP contribution >= 0.6 is 0 Å². The highest BCUT2D eigenvalue weighted by Gasteiger charge is 2.66. The van der Waals surface area contributed by atoms with Crippen LogP contribution in [-0.4, -0.2) is 92.3 Å². The average Bonchev–Trinajstić information content (AvgIpc) is 1.53. The van der Waals surface area contributed by atoms with Crippen molar-refractivity contribution >= 4 is 46.4 Å². The van der Waals surface area contributed by atoms with Gasteiger partial charge in [-0.2, -0.15) is 0 Å². The molecule has 0 aromatic heterocycles. The average molecular weight is 2030 g/mol. The molecule has 0 bridgehead atoms. The normalized spacial score (nSPS) is 42.1. The number of benzene rings is 1. The minimum atomic E-state index is -0.928. The molecule has 1 aromatic carbocycles. The van der Waals surface area contributed by atoms with Crippen molar-refractivity contribution in [1.82, 2.24) is 0 Å². The number of carboxylic acids is 1. The highest BCUT2D eigenvalue weighted by Crippen LogP contribution is 2.73. The Kier molecular flexibility index (Phi) is 34.2. The molecule has 1 aromatic rings. The molecule has 30 atom stereocenters. The molecular weight excluding hydrogens is 1830 g/mol. The molecule has 0 radical (unpaired) electrons. The number of aliphatic hydroxyl groups excluding tert-OH is 3. The largest absolute Gasteiger partial charge is 0.493 e. The highest BCUT2D eigenvalue weighted by molar-refractivity contribution is 6.00. The van der Waals surface area contributed by atoms with Crippen molar-refractivity contribution in [3.63, 3.8) is 0 Å². The summed E-state index contributed by atoms with van der Waals surface area (Å²) in [5, 5.41) is 39.6. The van der Waals surface area contributed by atoms with E-state index in [-0.39, 0.29) is 74.1 Å². The van der Waals surface area contributed by atoms with Crippen LogP contribution < -0.4 is 4.74 Å². The predicted octanol–water partition coefficient (Wildman–Crippen LogP) is 31.9. The number of aliphatic carboxylic acids is 1. The number of carbonyl (C=O) groups excluding carboxylic acids is 6. The zero-order valence-corrected chi connectivity index (χ0v) is 96.2. The second-order valence-electron chi connectivity index (χ2n) is 54.4. The third kappa shape index (κ3) is 20.8. The Morgan fingerprint density at radius 1 is 0.439 bits per heavy atom. The number of hydrogen-bond acceptors (Lipinski definition) is 12. The molecular formula is C135H194O13. The van der Waals surface area contributed by atoms with Crippen LogP contribution in [0.15, 0.2) is 159 Å². The number of hydrogen-bond donors (Lipinski definition) is 4. The lowest BCUT2D eigenvalue weighted by molar-refractivity contribution is -0.144. The first kappa shape index (κ1) is 113. The molecule has 14 fully saturated rings. The lowest BCUT2D eigenvalue weighted by atomic mass is 9.47. The molecule has 20 aliphatic carbocycles.